The third-order valence-corrected chi connectivity index (χ3v) is 6.16. The number of nitrogens with one attached hydrogen (secondary N) is 1. The zero-order valence-electron chi connectivity index (χ0n) is 17.2. The summed E-state index contributed by atoms with van der Waals surface area (Å²) >= 11 is 1.45. The van der Waals surface area contributed by atoms with E-state index in [2.05, 4.69) is 20.3 Å². The molecule has 3 heterocycles. The number of fused-ring (bicyclic) bond motifs is 3. The molecule has 3 aromatic heterocycles. The zero-order chi connectivity index (χ0) is 23.2. The summed E-state index contributed by atoms with van der Waals surface area (Å²) in [4.78, 5) is 26.1. The summed E-state index contributed by atoms with van der Waals surface area (Å²) in [6.45, 7) is 2.13. The minimum atomic E-state index is -4.40. The lowest BCUT2D eigenvalue weighted by Crippen LogP contribution is -2.23. The van der Waals surface area contributed by atoms with Crippen LogP contribution in [0.15, 0.2) is 61.1 Å². The van der Waals surface area contributed by atoms with E-state index in [1.165, 1.54) is 29.8 Å². The van der Waals surface area contributed by atoms with Crippen LogP contribution in [0, 0.1) is 6.92 Å². The van der Waals surface area contributed by atoms with Gasteiger partial charge in [-0.1, -0.05) is 0 Å². The Morgan fingerprint density at radius 1 is 1.12 bits per heavy atom. The molecule has 0 aliphatic heterocycles. The topological polar surface area (TPSA) is 72.7 Å². The predicted molar refractivity (Wildman–Crippen MR) is 119 cm³/mol. The second-order valence-electron chi connectivity index (χ2n) is 7.38. The van der Waals surface area contributed by atoms with Gasteiger partial charge in [-0.25, -0.2) is 15.0 Å². The van der Waals surface area contributed by atoms with Gasteiger partial charge >= 0.3 is 6.18 Å². The van der Waals surface area contributed by atoms with Gasteiger partial charge in [-0.15, -0.1) is 11.3 Å². The molecule has 2 aromatic carbocycles. The molecule has 0 radical (unpaired) electrons. The van der Waals surface area contributed by atoms with Crippen molar-refractivity contribution in [1.82, 2.24) is 24.8 Å². The molecule has 0 atom stereocenters. The van der Waals surface area contributed by atoms with E-state index in [1.54, 1.807) is 30.5 Å². The average molecular weight is 467 g/mol. The molecule has 0 fully saturated rings. The maximum atomic E-state index is 13.0. The molecule has 1 N–H and O–H groups in total. The van der Waals surface area contributed by atoms with Crippen LogP contribution in [0.4, 0.5) is 13.2 Å². The van der Waals surface area contributed by atoms with Gasteiger partial charge in [0.2, 0.25) is 0 Å². The number of nitrogens with zero attached hydrogens (tertiary/aromatic N) is 4. The van der Waals surface area contributed by atoms with Crippen LogP contribution in [0.25, 0.3) is 26.9 Å². The molecule has 5 rings (SSSR count). The van der Waals surface area contributed by atoms with E-state index in [0.29, 0.717) is 22.5 Å². The Bertz CT molecular complexity index is 1470. The van der Waals surface area contributed by atoms with Crippen molar-refractivity contribution >= 4 is 38.5 Å². The SMILES string of the molecule is Cc1nc2c3cc(C(=O)NCc4ccncn4)ccc3n(-c3ccc(C(F)(F)F)cc3)c2s1. The third kappa shape index (κ3) is 3.93. The first-order valence-corrected chi connectivity index (χ1v) is 10.8. The Morgan fingerprint density at radius 3 is 2.61 bits per heavy atom. The largest absolute Gasteiger partial charge is 0.416 e. The number of carbonyl (C=O) groups excluding carboxylic acids is 1. The van der Waals surface area contributed by atoms with Crippen molar-refractivity contribution in [2.24, 2.45) is 0 Å². The van der Waals surface area contributed by atoms with Gasteiger partial charge in [0.25, 0.3) is 5.91 Å². The quantitative estimate of drug-likeness (QED) is 0.390. The summed E-state index contributed by atoms with van der Waals surface area (Å²) in [5, 5.41) is 4.41. The molecule has 10 heteroatoms. The highest BCUT2D eigenvalue weighted by atomic mass is 32.1. The Balaban J connectivity index is 1.55. The molecule has 166 valence electrons. The van der Waals surface area contributed by atoms with Gasteiger partial charge in [-0.3, -0.25) is 9.36 Å². The number of aromatic nitrogens is 4. The van der Waals surface area contributed by atoms with E-state index < -0.39 is 11.7 Å². The molecule has 0 aliphatic carbocycles. The molecule has 0 bridgehead atoms. The van der Waals surface area contributed by atoms with Crippen LogP contribution in [0.1, 0.15) is 26.6 Å². The molecule has 0 saturated carbocycles. The van der Waals surface area contributed by atoms with E-state index >= 15 is 0 Å². The van der Waals surface area contributed by atoms with E-state index in [1.807, 2.05) is 11.5 Å². The normalized spacial score (nSPS) is 11.9. The van der Waals surface area contributed by atoms with Gasteiger partial charge in [0.1, 0.15) is 16.7 Å². The number of carbonyl (C=O) groups is 1. The van der Waals surface area contributed by atoms with Crippen molar-refractivity contribution < 1.29 is 18.0 Å². The number of hydrogen-bond acceptors (Lipinski definition) is 5. The minimum absolute atomic E-state index is 0.261. The molecule has 0 spiro atoms. The van der Waals surface area contributed by atoms with Crippen molar-refractivity contribution in [2.45, 2.75) is 19.6 Å². The molecule has 5 aromatic rings. The average Bonchev–Trinajstić information content (AvgIpc) is 3.32. The molecular formula is C23H16F3N5OS. The monoisotopic (exact) mass is 467 g/mol. The fraction of sp³-hybridized carbons (Fsp3) is 0.130. The number of thiazole rings is 1. The van der Waals surface area contributed by atoms with E-state index in [0.717, 1.165) is 32.9 Å². The number of benzene rings is 2. The Morgan fingerprint density at radius 2 is 1.91 bits per heavy atom. The zero-order valence-corrected chi connectivity index (χ0v) is 18.0. The van der Waals surface area contributed by atoms with E-state index in [9.17, 15) is 18.0 Å². The minimum Gasteiger partial charge on any atom is -0.346 e. The Labute approximate surface area is 189 Å². The number of aryl methyl sites for hydroxylation is 1. The number of alkyl halides is 3. The molecule has 1 amide bonds. The van der Waals surface area contributed by atoms with Gasteiger partial charge in [0.05, 0.1) is 28.3 Å². The standard InChI is InChI=1S/C23H16F3N5OS/c1-13-30-20-18-10-14(21(32)28-11-16-8-9-27-12-29-16)2-7-19(18)31(22(20)33-13)17-5-3-15(4-6-17)23(24,25)26/h2-10,12H,11H2,1H3,(H,28,32). The first-order valence-electron chi connectivity index (χ1n) is 9.93. The predicted octanol–water partition coefficient (Wildman–Crippen LogP) is 5.29. The summed E-state index contributed by atoms with van der Waals surface area (Å²) in [7, 11) is 0. The molecule has 0 saturated heterocycles. The molecular weight excluding hydrogens is 451 g/mol. The fourth-order valence-corrected chi connectivity index (χ4v) is 4.63. The van der Waals surface area contributed by atoms with Crippen LogP contribution in [-0.2, 0) is 12.7 Å². The number of hydrogen-bond donors (Lipinski definition) is 1. The summed E-state index contributed by atoms with van der Waals surface area (Å²) in [6.07, 6.45) is -1.38. The maximum absolute atomic E-state index is 13.0. The highest BCUT2D eigenvalue weighted by molar-refractivity contribution is 7.18. The van der Waals surface area contributed by atoms with Crippen molar-refractivity contribution in [1.29, 1.82) is 0 Å². The summed E-state index contributed by atoms with van der Waals surface area (Å²) in [5.74, 6) is -0.266. The number of rotatable bonds is 4. The third-order valence-electron chi connectivity index (χ3n) is 5.20. The van der Waals surface area contributed by atoms with Crippen LogP contribution in [-0.4, -0.2) is 25.4 Å². The first-order chi connectivity index (χ1) is 15.8. The summed E-state index contributed by atoms with van der Waals surface area (Å²) in [6, 6.07) is 12.0. The van der Waals surface area contributed by atoms with Crippen LogP contribution < -0.4 is 5.32 Å². The van der Waals surface area contributed by atoms with Crippen LogP contribution >= 0.6 is 11.3 Å². The van der Waals surface area contributed by atoms with Crippen LogP contribution in [0.5, 0.6) is 0 Å². The van der Waals surface area contributed by atoms with Crippen LogP contribution in [0.2, 0.25) is 0 Å². The maximum Gasteiger partial charge on any atom is 0.416 e. The smallest absolute Gasteiger partial charge is 0.346 e. The second-order valence-corrected chi connectivity index (χ2v) is 8.56. The lowest BCUT2D eigenvalue weighted by molar-refractivity contribution is -0.137. The fourth-order valence-electron chi connectivity index (χ4n) is 3.67. The molecule has 0 unspecified atom stereocenters. The van der Waals surface area contributed by atoms with Gasteiger partial charge in [-0.2, -0.15) is 13.2 Å². The lowest BCUT2D eigenvalue weighted by Gasteiger charge is -2.10. The molecule has 6 nitrogen and oxygen atoms in total. The number of halogens is 3. The van der Waals surface area contributed by atoms with Gasteiger partial charge in [-0.05, 0) is 55.5 Å². The van der Waals surface area contributed by atoms with Crippen LogP contribution in [0.3, 0.4) is 0 Å². The summed E-state index contributed by atoms with van der Waals surface area (Å²) < 4.78 is 40.9. The highest BCUT2D eigenvalue weighted by Crippen LogP contribution is 2.36. The number of amides is 1. The van der Waals surface area contributed by atoms with E-state index in [4.69, 9.17) is 0 Å². The molecule has 33 heavy (non-hydrogen) atoms. The Kier molecular flexibility index (Phi) is 5.09. The van der Waals surface area contributed by atoms with Gasteiger partial charge < -0.3 is 5.32 Å². The van der Waals surface area contributed by atoms with Crippen molar-refractivity contribution in [3.8, 4) is 5.69 Å². The van der Waals surface area contributed by atoms with E-state index in [-0.39, 0.29) is 12.5 Å². The van der Waals surface area contributed by atoms with Gasteiger partial charge in [0.15, 0.2) is 0 Å². The highest BCUT2D eigenvalue weighted by Gasteiger charge is 2.30. The molecule has 0 aliphatic rings. The van der Waals surface area contributed by atoms with Crippen molar-refractivity contribution in [3.05, 3.63) is 82.9 Å². The second kappa shape index (κ2) is 7.96. The van der Waals surface area contributed by atoms with Crippen molar-refractivity contribution in [3.63, 3.8) is 0 Å². The lowest BCUT2D eigenvalue weighted by atomic mass is 10.1. The van der Waals surface area contributed by atoms with Gasteiger partial charge in [0, 0.05) is 22.8 Å². The first kappa shape index (κ1) is 21.1. The Hall–Kier alpha value is -3.79. The summed E-state index contributed by atoms with van der Waals surface area (Å²) in [5.41, 5.74) is 2.49. The van der Waals surface area contributed by atoms with Crippen molar-refractivity contribution in [2.75, 3.05) is 0 Å².